The van der Waals surface area contributed by atoms with E-state index in [9.17, 15) is 9.59 Å². The summed E-state index contributed by atoms with van der Waals surface area (Å²) in [5.74, 6) is 3.00. The molecule has 10 nitrogen and oxygen atoms in total. The zero-order valence-corrected chi connectivity index (χ0v) is 23.5. The SMILES string of the molecule is COc1c(Nc2cc(C)[nH]n2)nc(Sc2ccc(CC(=O)C3CCCC3)cc2)nc1N1CCN(C(C)=O)CC1. The molecule has 2 aliphatic rings. The molecule has 0 unspecified atom stereocenters. The van der Waals surface area contributed by atoms with Crippen LogP contribution in [-0.4, -0.2) is 70.0 Å². The van der Waals surface area contributed by atoms with Gasteiger partial charge in [-0.1, -0.05) is 25.0 Å². The Morgan fingerprint density at radius 2 is 1.82 bits per heavy atom. The quantitative estimate of drug-likeness (QED) is 0.375. The van der Waals surface area contributed by atoms with Crippen LogP contribution in [0.3, 0.4) is 0 Å². The Labute approximate surface area is 232 Å². The third kappa shape index (κ3) is 6.52. The third-order valence-electron chi connectivity index (χ3n) is 7.33. The van der Waals surface area contributed by atoms with Gasteiger partial charge in [0.1, 0.15) is 5.78 Å². The third-order valence-corrected chi connectivity index (χ3v) is 8.20. The van der Waals surface area contributed by atoms with Crippen LogP contribution in [-0.2, 0) is 16.0 Å². The number of Topliss-reactive ketones (excluding diaryl/α,β-unsaturated/α-hetero) is 1. The molecule has 39 heavy (non-hydrogen) atoms. The first-order chi connectivity index (χ1) is 18.9. The highest BCUT2D eigenvalue weighted by Gasteiger charge is 2.26. The van der Waals surface area contributed by atoms with Crippen molar-refractivity contribution in [2.24, 2.45) is 5.92 Å². The van der Waals surface area contributed by atoms with Crippen LogP contribution in [0.5, 0.6) is 5.75 Å². The Bertz CT molecular complexity index is 1310. The highest BCUT2D eigenvalue weighted by Crippen LogP contribution is 2.38. The van der Waals surface area contributed by atoms with Gasteiger partial charge in [0.15, 0.2) is 22.6 Å². The number of nitrogens with one attached hydrogen (secondary N) is 2. The summed E-state index contributed by atoms with van der Waals surface area (Å²) in [6.45, 7) is 6.05. The van der Waals surface area contributed by atoms with Crippen molar-refractivity contribution >= 4 is 40.9 Å². The highest BCUT2D eigenvalue weighted by atomic mass is 32.2. The van der Waals surface area contributed by atoms with Gasteiger partial charge in [-0.15, -0.1) is 0 Å². The molecular formula is C28H35N7O3S. The number of carbonyl (C=O) groups is 2. The number of hydrogen-bond acceptors (Lipinski definition) is 9. The maximum Gasteiger partial charge on any atom is 0.219 e. The van der Waals surface area contributed by atoms with Gasteiger partial charge in [-0.2, -0.15) is 5.10 Å². The average molecular weight is 550 g/mol. The average Bonchev–Trinajstić information content (AvgIpc) is 3.62. The molecule has 2 aromatic heterocycles. The standard InChI is InChI=1S/C28H35N7O3S/c1-18-16-24(33-32-18)29-26-25(38-3)27(35-14-12-34(13-15-35)19(2)36)31-28(30-26)39-22-10-8-20(9-11-22)17-23(37)21-6-4-5-7-21/h8-11,16,21H,4-7,12-15,17H2,1-3H3,(H2,29,30,31,32,33). The molecule has 1 saturated heterocycles. The van der Waals surface area contributed by atoms with Crippen LogP contribution in [0, 0.1) is 12.8 Å². The van der Waals surface area contributed by atoms with Crippen molar-refractivity contribution in [3.63, 3.8) is 0 Å². The topological polar surface area (TPSA) is 116 Å². The van der Waals surface area contributed by atoms with Gasteiger partial charge in [-0.05, 0) is 49.2 Å². The summed E-state index contributed by atoms with van der Waals surface area (Å²) in [4.78, 5) is 39.1. The number of nitrogens with zero attached hydrogens (tertiary/aromatic N) is 5. The lowest BCUT2D eigenvalue weighted by molar-refractivity contribution is -0.129. The highest BCUT2D eigenvalue weighted by molar-refractivity contribution is 7.99. The molecule has 1 saturated carbocycles. The molecule has 0 spiro atoms. The minimum Gasteiger partial charge on any atom is -0.490 e. The molecule has 0 atom stereocenters. The van der Waals surface area contributed by atoms with E-state index in [-0.39, 0.29) is 11.8 Å². The summed E-state index contributed by atoms with van der Waals surface area (Å²) in [6, 6.07) is 9.97. The van der Waals surface area contributed by atoms with E-state index in [1.807, 2.05) is 42.2 Å². The van der Waals surface area contributed by atoms with Crippen LogP contribution >= 0.6 is 11.8 Å². The van der Waals surface area contributed by atoms with E-state index >= 15 is 0 Å². The fourth-order valence-corrected chi connectivity index (χ4v) is 5.91. The Balaban J connectivity index is 1.38. The molecule has 1 amide bonds. The number of ketones is 1. The number of methoxy groups -OCH3 is 1. The van der Waals surface area contributed by atoms with E-state index in [1.165, 1.54) is 24.6 Å². The molecule has 1 aliphatic heterocycles. The molecule has 0 radical (unpaired) electrons. The van der Waals surface area contributed by atoms with Gasteiger partial charge in [0.05, 0.1) is 7.11 Å². The van der Waals surface area contributed by atoms with Gasteiger partial charge >= 0.3 is 0 Å². The maximum atomic E-state index is 12.6. The number of anilines is 3. The zero-order chi connectivity index (χ0) is 27.4. The minimum atomic E-state index is 0.0743. The zero-order valence-electron chi connectivity index (χ0n) is 22.7. The Hall–Kier alpha value is -3.60. The van der Waals surface area contributed by atoms with Gasteiger partial charge in [0.25, 0.3) is 0 Å². The van der Waals surface area contributed by atoms with Crippen LogP contribution < -0.4 is 15.0 Å². The first-order valence-corrected chi connectivity index (χ1v) is 14.3. The van der Waals surface area contributed by atoms with E-state index in [0.29, 0.717) is 66.7 Å². The van der Waals surface area contributed by atoms with Crippen molar-refractivity contribution in [1.29, 1.82) is 0 Å². The first-order valence-electron chi connectivity index (χ1n) is 13.4. The van der Waals surface area contributed by atoms with E-state index < -0.39 is 0 Å². The second-order valence-corrected chi connectivity index (χ2v) is 11.2. The number of carbonyl (C=O) groups excluding carboxylic acids is 2. The largest absolute Gasteiger partial charge is 0.490 e. The van der Waals surface area contributed by atoms with Gasteiger partial charge in [0, 0.05) is 62.1 Å². The number of ether oxygens (including phenoxy) is 1. The monoisotopic (exact) mass is 549 g/mol. The molecule has 1 aromatic carbocycles. The van der Waals surface area contributed by atoms with Gasteiger partial charge in [-0.3, -0.25) is 14.7 Å². The van der Waals surface area contributed by atoms with Crippen molar-refractivity contribution < 1.29 is 14.3 Å². The predicted molar refractivity (Wildman–Crippen MR) is 151 cm³/mol. The molecule has 1 aliphatic carbocycles. The Kier molecular flexibility index (Phi) is 8.35. The van der Waals surface area contributed by atoms with Crippen LogP contribution in [0.1, 0.15) is 43.9 Å². The molecule has 2 N–H and O–H groups in total. The summed E-state index contributed by atoms with van der Waals surface area (Å²) < 4.78 is 5.79. The van der Waals surface area contributed by atoms with E-state index in [1.54, 1.807) is 14.0 Å². The number of aryl methyl sites for hydroxylation is 1. The lowest BCUT2D eigenvalue weighted by atomic mass is 9.97. The number of hydrogen-bond donors (Lipinski definition) is 2. The van der Waals surface area contributed by atoms with Crippen molar-refractivity contribution in [3.8, 4) is 5.75 Å². The number of aromatic amines is 1. The first kappa shape index (κ1) is 27.0. The molecule has 11 heteroatoms. The number of aromatic nitrogens is 4. The van der Waals surface area contributed by atoms with Crippen LogP contribution in [0.25, 0.3) is 0 Å². The number of H-pyrrole nitrogens is 1. The summed E-state index contributed by atoms with van der Waals surface area (Å²) >= 11 is 1.45. The molecular weight excluding hydrogens is 514 g/mol. The Morgan fingerprint density at radius 3 is 2.44 bits per heavy atom. The van der Waals surface area contributed by atoms with Gasteiger partial charge in [-0.25, -0.2) is 9.97 Å². The van der Waals surface area contributed by atoms with E-state index in [2.05, 4.69) is 20.4 Å². The normalized spacial score (nSPS) is 16.0. The lowest BCUT2D eigenvalue weighted by Crippen LogP contribution is -2.48. The minimum absolute atomic E-state index is 0.0743. The van der Waals surface area contributed by atoms with Crippen molar-refractivity contribution in [2.75, 3.05) is 43.5 Å². The molecule has 3 heterocycles. The molecule has 0 bridgehead atoms. The second-order valence-electron chi connectivity index (χ2n) is 10.1. The lowest BCUT2D eigenvalue weighted by Gasteiger charge is -2.35. The molecule has 206 valence electrons. The molecule has 2 fully saturated rings. The second kappa shape index (κ2) is 12.1. The predicted octanol–water partition coefficient (Wildman–Crippen LogP) is 4.38. The van der Waals surface area contributed by atoms with Gasteiger partial charge < -0.3 is 19.9 Å². The number of piperazine rings is 1. The van der Waals surface area contributed by atoms with Crippen molar-refractivity contribution in [3.05, 3.63) is 41.6 Å². The smallest absolute Gasteiger partial charge is 0.219 e. The summed E-state index contributed by atoms with van der Waals surface area (Å²) in [5, 5.41) is 11.1. The summed E-state index contributed by atoms with van der Waals surface area (Å²) in [6.07, 6.45) is 4.88. The van der Waals surface area contributed by atoms with Crippen molar-refractivity contribution in [2.45, 2.75) is 56.0 Å². The number of amides is 1. The van der Waals surface area contributed by atoms with Crippen LogP contribution in [0.4, 0.5) is 17.5 Å². The van der Waals surface area contributed by atoms with Crippen LogP contribution in [0.2, 0.25) is 0 Å². The van der Waals surface area contributed by atoms with Crippen molar-refractivity contribution in [1.82, 2.24) is 25.1 Å². The Morgan fingerprint density at radius 1 is 1.10 bits per heavy atom. The van der Waals surface area contributed by atoms with E-state index in [0.717, 1.165) is 29.0 Å². The fraction of sp³-hybridized carbons (Fsp3) is 0.464. The number of rotatable bonds is 9. The molecule has 3 aromatic rings. The number of benzene rings is 1. The van der Waals surface area contributed by atoms with Gasteiger partial charge in [0.2, 0.25) is 11.7 Å². The summed E-state index contributed by atoms with van der Waals surface area (Å²) in [7, 11) is 1.60. The van der Waals surface area contributed by atoms with E-state index in [4.69, 9.17) is 14.7 Å². The van der Waals surface area contributed by atoms with Crippen LogP contribution in [0.15, 0.2) is 40.4 Å². The fourth-order valence-electron chi connectivity index (χ4n) is 5.16. The maximum absolute atomic E-state index is 12.6. The molecule has 5 rings (SSSR count). The summed E-state index contributed by atoms with van der Waals surface area (Å²) in [5.41, 5.74) is 1.96.